The highest BCUT2D eigenvalue weighted by atomic mass is 19.5. The van der Waals surface area contributed by atoms with Crippen LogP contribution in [0.25, 0.3) is 0 Å². The van der Waals surface area contributed by atoms with Gasteiger partial charge in [0.2, 0.25) is 5.41 Å². The van der Waals surface area contributed by atoms with Gasteiger partial charge in [0.05, 0.1) is 12.8 Å². The standard InChI is InChI=1S/C39H22F34O6/c1-15(23(40)74)78-21(11-25(42,43)28(46,47)30(50,51)32(54,55)34(58,59)38(68,69)70)13-76-19-7-3-17(4-8-19)27(36(62,63)64,37(65,66)67)18-5-9-20(10-6-18)77-14-22(79-16(2)24(41)75)12-26(44,45)29(48,49)31(52,53)33(56,57)35(60,61)39(71,72)73/h3-10,21-22H,1-2,11-14H2. The average molecular weight is 1230 g/mol. The summed E-state index contributed by atoms with van der Waals surface area (Å²) in [6.07, 6.45) is -42.8. The van der Waals surface area contributed by atoms with Crippen molar-refractivity contribution in [2.24, 2.45) is 0 Å². The topological polar surface area (TPSA) is 71.1 Å². The molecule has 0 amide bonds. The van der Waals surface area contributed by atoms with Crippen LogP contribution in [0, 0.1) is 0 Å². The molecule has 79 heavy (non-hydrogen) atoms. The first-order chi connectivity index (χ1) is 34.8. The third-order valence-electron chi connectivity index (χ3n) is 10.3. The van der Waals surface area contributed by atoms with Gasteiger partial charge in [-0.05, 0) is 48.6 Å². The molecular formula is C39H22F34O6. The fourth-order valence-electron chi connectivity index (χ4n) is 6.16. The zero-order valence-corrected chi connectivity index (χ0v) is 36.8. The molecular weight excluding hydrogens is 1210 g/mol. The van der Waals surface area contributed by atoms with Crippen molar-refractivity contribution in [3.63, 3.8) is 0 Å². The van der Waals surface area contributed by atoms with Gasteiger partial charge in [0.15, 0.2) is 11.5 Å². The predicted molar refractivity (Wildman–Crippen MR) is 188 cm³/mol. The van der Waals surface area contributed by atoms with Crippen molar-refractivity contribution in [3.05, 3.63) is 84.3 Å². The summed E-state index contributed by atoms with van der Waals surface area (Å²) < 4.78 is 487. The van der Waals surface area contributed by atoms with E-state index in [0.717, 1.165) is 0 Å². The molecule has 2 aromatic rings. The first kappa shape index (κ1) is 69.2. The minimum Gasteiger partial charge on any atom is -0.490 e. The quantitative estimate of drug-likeness (QED) is 0.0405. The molecule has 452 valence electrons. The van der Waals surface area contributed by atoms with Gasteiger partial charge < -0.3 is 18.9 Å². The Hall–Kier alpha value is -5.92. The Labute approximate surface area is 413 Å². The van der Waals surface area contributed by atoms with E-state index in [0.29, 0.717) is 0 Å². The van der Waals surface area contributed by atoms with Crippen molar-refractivity contribution in [2.75, 3.05) is 13.2 Å². The number of hydrogen-bond donors (Lipinski definition) is 0. The lowest BCUT2D eigenvalue weighted by atomic mass is 9.73. The number of benzene rings is 2. The fraction of sp³-hybridized carbons (Fsp3) is 0.538. The highest BCUT2D eigenvalue weighted by molar-refractivity contribution is 5.84. The van der Waals surface area contributed by atoms with Crippen LogP contribution in [0.15, 0.2) is 73.2 Å². The number of halogens is 34. The molecule has 0 aromatic heterocycles. The van der Waals surface area contributed by atoms with Crippen LogP contribution in [0.4, 0.5) is 149 Å². The van der Waals surface area contributed by atoms with Gasteiger partial charge >= 0.3 is 96.0 Å². The maximum Gasteiger partial charge on any atom is 0.460 e. The molecule has 0 N–H and O–H groups in total. The molecule has 0 aliphatic heterocycles. The Morgan fingerprint density at radius 3 is 0.785 bits per heavy atom. The van der Waals surface area contributed by atoms with Gasteiger partial charge in [0.25, 0.3) is 0 Å². The molecule has 2 rings (SSSR count). The van der Waals surface area contributed by atoms with Crippen molar-refractivity contribution in [1.29, 1.82) is 0 Å². The fourth-order valence-corrected chi connectivity index (χ4v) is 6.16. The minimum absolute atomic E-state index is 0.0553. The number of allylic oxidation sites excluding steroid dienone is 2. The summed E-state index contributed by atoms with van der Waals surface area (Å²) >= 11 is 0. The number of carbonyl (C=O) groups is 2. The average Bonchev–Trinajstić information content (AvgIpc) is 3.25. The number of hydrogen-bond acceptors (Lipinski definition) is 6. The van der Waals surface area contributed by atoms with E-state index in [4.69, 9.17) is 0 Å². The second-order valence-corrected chi connectivity index (χ2v) is 15.7. The van der Waals surface area contributed by atoms with Crippen molar-refractivity contribution in [1.82, 2.24) is 0 Å². The van der Waals surface area contributed by atoms with Crippen molar-refractivity contribution in [3.8, 4) is 11.5 Å². The maximum atomic E-state index is 14.8. The van der Waals surface area contributed by atoms with Gasteiger partial charge in [-0.25, -0.2) is 0 Å². The first-order valence-electron chi connectivity index (χ1n) is 19.4. The Bertz CT molecular complexity index is 2310. The first-order valence-corrected chi connectivity index (χ1v) is 19.4. The molecule has 0 heterocycles. The van der Waals surface area contributed by atoms with E-state index in [1.54, 1.807) is 0 Å². The number of ether oxygens (including phenoxy) is 4. The molecule has 0 fully saturated rings. The molecule has 0 radical (unpaired) electrons. The normalized spacial score (nSPS) is 15.5. The summed E-state index contributed by atoms with van der Waals surface area (Å²) in [6.45, 7) is 0.419. The Morgan fingerprint density at radius 1 is 0.354 bits per heavy atom. The van der Waals surface area contributed by atoms with Crippen LogP contribution in [-0.4, -0.2) is 121 Å². The number of carbonyl (C=O) groups excluding carboxylic acids is 2. The highest BCUT2D eigenvalue weighted by Crippen LogP contribution is 2.63. The summed E-state index contributed by atoms with van der Waals surface area (Å²) in [6, 6.07) is -7.20. The minimum atomic E-state index is -8.44. The van der Waals surface area contributed by atoms with E-state index >= 15 is 0 Å². The van der Waals surface area contributed by atoms with Crippen LogP contribution >= 0.6 is 0 Å². The van der Waals surface area contributed by atoms with Gasteiger partial charge in [-0.15, -0.1) is 0 Å². The zero-order valence-electron chi connectivity index (χ0n) is 36.8. The second kappa shape index (κ2) is 21.5. The Balaban J connectivity index is 2.62. The largest absolute Gasteiger partial charge is 0.490 e. The lowest BCUT2D eigenvalue weighted by Crippen LogP contribution is -2.70. The maximum absolute atomic E-state index is 14.8. The third kappa shape index (κ3) is 12.2. The number of alkyl halides is 32. The summed E-state index contributed by atoms with van der Waals surface area (Å²) in [5.74, 6) is -87.1. The Morgan fingerprint density at radius 2 is 0.582 bits per heavy atom. The Kier molecular flexibility index (Phi) is 18.8. The SMILES string of the molecule is C=C(OC(COc1ccc(C(c2ccc(OCC(CC(F)(F)C(F)(F)C(F)(F)C(F)(F)C(F)(F)C(F)(F)F)OC(=C)C(=O)F)cc2)(C(F)(F)F)C(F)(F)F)cc1)CC(F)(F)C(F)(F)C(F)(F)C(F)(F)C(F)(F)C(F)(F)F)C(=O)F. The smallest absolute Gasteiger partial charge is 0.460 e. The van der Waals surface area contributed by atoms with E-state index in [9.17, 15) is 159 Å². The van der Waals surface area contributed by atoms with Crippen LogP contribution < -0.4 is 9.47 Å². The van der Waals surface area contributed by atoms with Gasteiger partial charge in [-0.2, -0.15) is 149 Å². The molecule has 0 saturated heterocycles. The van der Waals surface area contributed by atoms with Crippen LogP contribution in [-0.2, 0) is 24.5 Å². The zero-order chi connectivity index (χ0) is 62.6. The molecule has 6 nitrogen and oxygen atoms in total. The summed E-state index contributed by atoms with van der Waals surface area (Å²) in [5.41, 5.74) is -9.52. The van der Waals surface area contributed by atoms with Gasteiger partial charge in [0.1, 0.15) is 36.9 Å². The van der Waals surface area contributed by atoms with Crippen molar-refractivity contribution >= 4 is 12.1 Å². The molecule has 40 heteroatoms. The van der Waals surface area contributed by atoms with E-state index in [1.165, 1.54) is 0 Å². The molecule has 2 atom stereocenters. The van der Waals surface area contributed by atoms with Gasteiger partial charge in [-0.1, -0.05) is 24.3 Å². The van der Waals surface area contributed by atoms with E-state index in [1.807, 2.05) is 0 Å². The summed E-state index contributed by atoms with van der Waals surface area (Å²) in [7, 11) is 0. The van der Waals surface area contributed by atoms with Crippen LogP contribution in [0.1, 0.15) is 24.0 Å². The van der Waals surface area contributed by atoms with E-state index in [-0.39, 0.29) is 48.5 Å². The third-order valence-corrected chi connectivity index (χ3v) is 10.3. The van der Waals surface area contributed by atoms with Gasteiger partial charge in [0, 0.05) is 0 Å². The van der Waals surface area contributed by atoms with Crippen LogP contribution in [0.2, 0.25) is 0 Å². The van der Waals surface area contributed by atoms with E-state index in [2.05, 4.69) is 32.1 Å². The summed E-state index contributed by atoms with van der Waals surface area (Å²) in [5, 5.41) is 0. The lowest BCUT2D eigenvalue weighted by molar-refractivity contribution is -0.440. The van der Waals surface area contributed by atoms with Crippen molar-refractivity contribution < 1.29 is 178 Å². The molecule has 0 saturated carbocycles. The number of rotatable bonds is 26. The molecule has 2 unspecified atom stereocenters. The lowest BCUT2D eigenvalue weighted by Gasteiger charge is -2.40. The van der Waals surface area contributed by atoms with Crippen molar-refractivity contribution in [2.45, 2.75) is 114 Å². The van der Waals surface area contributed by atoms with Crippen LogP contribution in [0.5, 0.6) is 11.5 Å². The highest BCUT2D eigenvalue weighted by Gasteiger charge is 2.92. The summed E-state index contributed by atoms with van der Waals surface area (Å²) in [4.78, 5) is 21.8. The molecule has 0 aliphatic carbocycles. The molecule has 2 aromatic carbocycles. The second-order valence-electron chi connectivity index (χ2n) is 15.7. The molecule has 0 bridgehead atoms. The van der Waals surface area contributed by atoms with Crippen LogP contribution in [0.3, 0.4) is 0 Å². The van der Waals surface area contributed by atoms with E-state index < -0.39 is 174 Å². The van der Waals surface area contributed by atoms with Gasteiger partial charge in [-0.3, -0.25) is 9.59 Å². The molecule has 0 aliphatic rings. The predicted octanol–water partition coefficient (Wildman–Crippen LogP) is 14.9. The monoisotopic (exact) mass is 1230 g/mol. The molecule has 0 spiro atoms.